The third-order valence-electron chi connectivity index (χ3n) is 4.70. The Hall–Kier alpha value is -2.56. The molecule has 2 rings (SSSR count). The first kappa shape index (κ1) is 21.7. The van der Waals surface area contributed by atoms with Gasteiger partial charge in [-0.2, -0.15) is 0 Å². The van der Waals surface area contributed by atoms with E-state index in [1.165, 1.54) is 5.56 Å². The summed E-state index contributed by atoms with van der Waals surface area (Å²) in [5, 5.41) is 2.79. The van der Waals surface area contributed by atoms with Gasteiger partial charge in [0.05, 0.1) is 11.4 Å². The summed E-state index contributed by atoms with van der Waals surface area (Å²) in [6.45, 7) is 11.1. The zero-order chi connectivity index (χ0) is 20.7. The van der Waals surface area contributed by atoms with Gasteiger partial charge in [0.1, 0.15) is 6.61 Å². The van der Waals surface area contributed by atoms with E-state index in [0.717, 1.165) is 47.3 Å². The van der Waals surface area contributed by atoms with E-state index in [0.29, 0.717) is 18.2 Å². The fourth-order valence-electron chi connectivity index (χ4n) is 3.13. The summed E-state index contributed by atoms with van der Waals surface area (Å²) in [7, 11) is 0. The minimum Gasteiger partial charge on any atom is -0.445 e. The molecule has 2 aromatic rings. The molecule has 0 fully saturated rings. The van der Waals surface area contributed by atoms with Crippen LogP contribution >= 0.6 is 0 Å². The second kappa shape index (κ2) is 10.1. The summed E-state index contributed by atoms with van der Waals surface area (Å²) in [6, 6.07) is 8.25. The van der Waals surface area contributed by atoms with Gasteiger partial charge in [0.25, 0.3) is 0 Å². The van der Waals surface area contributed by atoms with Crippen LogP contribution in [0.4, 0.5) is 10.5 Å². The number of amides is 1. The smallest absolute Gasteiger partial charge is 0.407 e. The third-order valence-corrected chi connectivity index (χ3v) is 4.70. The molecule has 0 saturated carbocycles. The lowest BCUT2D eigenvalue weighted by molar-refractivity contribution is 0.139. The maximum Gasteiger partial charge on any atom is 0.407 e. The molecule has 5 nitrogen and oxygen atoms in total. The van der Waals surface area contributed by atoms with Crippen LogP contribution in [0.5, 0.6) is 0 Å². The molecule has 0 unspecified atom stereocenters. The van der Waals surface area contributed by atoms with Crippen molar-refractivity contribution in [2.24, 2.45) is 5.92 Å². The Balaban J connectivity index is 2.42. The number of pyridine rings is 1. The van der Waals surface area contributed by atoms with E-state index in [4.69, 9.17) is 15.5 Å². The lowest BCUT2D eigenvalue weighted by Gasteiger charge is -2.20. The van der Waals surface area contributed by atoms with E-state index < -0.39 is 6.09 Å². The first-order valence-corrected chi connectivity index (χ1v) is 10.1. The monoisotopic (exact) mass is 383 g/mol. The molecule has 0 aliphatic carbocycles. The van der Waals surface area contributed by atoms with Gasteiger partial charge in [-0.25, -0.2) is 4.79 Å². The van der Waals surface area contributed by atoms with Crippen molar-refractivity contribution in [2.75, 3.05) is 12.3 Å². The van der Waals surface area contributed by atoms with E-state index in [1.807, 2.05) is 6.92 Å². The summed E-state index contributed by atoms with van der Waals surface area (Å²) in [4.78, 5) is 16.8. The van der Waals surface area contributed by atoms with Crippen molar-refractivity contribution in [1.82, 2.24) is 10.3 Å². The van der Waals surface area contributed by atoms with E-state index in [-0.39, 0.29) is 6.61 Å². The lowest BCUT2D eigenvalue weighted by atomic mass is 9.93. The summed E-state index contributed by atoms with van der Waals surface area (Å²) >= 11 is 0. The number of alkyl carbamates (subject to hydrolysis) is 1. The summed E-state index contributed by atoms with van der Waals surface area (Å²) in [5.74, 6) is 0.429. The number of hydrogen-bond donors (Lipinski definition) is 2. The van der Waals surface area contributed by atoms with E-state index in [2.05, 4.69) is 57.3 Å². The maximum atomic E-state index is 12.1. The van der Waals surface area contributed by atoms with Crippen LogP contribution in [0, 0.1) is 19.8 Å². The van der Waals surface area contributed by atoms with Gasteiger partial charge in [0, 0.05) is 23.4 Å². The average Bonchev–Trinajstić information content (AvgIpc) is 2.64. The Labute approximate surface area is 168 Å². The highest BCUT2D eigenvalue weighted by atomic mass is 16.5. The van der Waals surface area contributed by atoms with Crippen molar-refractivity contribution >= 4 is 11.8 Å². The van der Waals surface area contributed by atoms with Gasteiger partial charge in [0.2, 0.25) is 0 Å². The topological polar surface area (TPSA) is 77.2 Å². The Morgan fingerprint density at radius 1 is 1.21 bits per heavy atom. The van der Waals surface area contributed by atoms with Gasteiger partial charge < -0.3 is 15.8 Å². The van der Waals surface area contributed by atoms with Crippen molar-refractivity contribution in [2.45, 2.75) is 60.5 Å². The maximum absolute atomic E-state index is 12.1. The van der Waals surface area contributed by atoms with Crippen LogP contribution in [0.25, 0.3) is 11.1 Å². The van der Waals surface area contributed by atoms with Crippen LogP contribution in [0.3, 0.4) is 0 Å². The van der Waals surface area contributed by atoms with Gasteiger partial charge in [-0.05, 0) is 38.2 Å². The van der Waals surface area contributed by atoms with Crippen molar-refractivity contribution < 1.29 is 9.53 Å². The third kappa shape index (κ3) is 5.72. The van der Waals surface area contributed by atoms with Gasteiger partial charge in [-0.15, -0.1) is 0 Å². The van der Waals surface area contributed by atoms with Crippen LogP contribution in [0.2, 0.25) is 0 Å². The van der Waals surface area contributed by atoms with Crippen LogP contribution in [-0.2, 0) is 17.8 Å². The number of nitrogens with one attached hydrogen (secondary N) is 1. The number of anilines is 1. The zero-order valence-electron chi connectivity index (χ0n) is 17.8. The predicted molar refractivity (Wildman–Crippen MR) is 115 cm³/mol. The van der Waals surface area contributed by atoms with Crippen molar-refractivity contribution in [3.63, 3.8) is 0 Å². The number of nitrogens with zero attached hydrogens (tertiary/aromatic N) is 1. The fraction of sp³-hybridized carbons (Fsp3) is 0.478. The van der Waals surface area contributed by atoms with E-state index in [9.17, 15) is 4.79 Å². The average molecular weight is 384 g/mol. The number of benzene rings is 1. The van der Waals surface area contributed by atoms with Crippen LogP contribution < -0.4 is 11.1 Å². The van der Waals surface area contributed by atoms with Crippen molar-refractivity contribution in [1.29, 1.82) is 0 Å². The molecular weight excluding hydrogens is 350 g/mol. The molecule has 1 aromatic heterocycles. The molecule has 28 heavy (non-hydrogen) atoms. The van der Waals surface area contributed by atoms with Crippen molar-refractivity contribution in [3.05, 3.63) is 46.8 Å². The normalized spacial score (nSPS) is 10.9. The second-order valence-electron chi connectivity index (χ2n) is 7.73. The number of aromatic nitrogens is 1. The fourth-order valence-corrected chi connectivity index (χ4v) is 3.13. The molecule has 5 heteroatoms. The molecule has 3 N–H and O–H groups in total. The van der Waals surface area contributed by atoms with E-state index in [1.54, 1.807) is 0 Å². The molecule has 0 atom stereocenters. The largest absolute Gasteiger partial charge is 0.445 e. The summed E-state index contributed by atoms with van der Waals surface area (Å²) < 4.78 is 5.53. The number of nitrogen functional groups attached to an aromatic ring is 1. The van der Waals surface area contributed by atoms with Gasteiger partial charge in [0.15, 0.2) is 0 Å². The summed E-state index contributed by atoms with van der Waals surface area (Å²) in [6.07, 6.45) is 2.35. The number of carbonyl (C=O) groups excluding carboxylic acids is 1. The highest BCUT2D eigenvalue weighted by molar-refractivity contribution is 5.81. The molecule has 152 valence electrons. The minimum atomic E-state index is -0.405. The zero-order valence-corrected chi connectivity index (χ0v) is 17.8. The highest BCUT2D eigenvalue weighted by Crippen LogP contribution is 2.34. The number of hydrogen-bond acceptors (Lipinski definition) is 4. The molecule has 1 heterocycles. The number of rotatable bonds is 8. The van der Waals surface area contributed by atoms with Crippen LogP contribution in [0.15, 0.2) is 24.3 Å². The first-order valence-electron chi connectivity index (χ1n) is 10.1. The number of nitrogens with two attached hydrogens (primary N) is 1. The quantitative estimate of drug-likeness (QED) is 0.616. The van der Waals surface area contributed by atoms with E-state index >= 15 is 0 Å². The molecule has 1 amide bonds. The Bertz CT molecular complexity index is 798. The molecular formula is C23H33N3O2. The molecule has 0 spiro atoms. The molecule has 0 radical (unpaired) electrons. The minimum absolute atomic E-state index is 0.153. The van der Waals surface area contributed by atoms with Crippen LogP contribution in [0.1, 0.15) is 56.1 Å². The summed E-state index contributed by atoms with van der Waals surface area (Å²) in [5.41, 5.74) is 12.8. The molecule has 0 aliphatic heterocycles. The number of ether oxygens (including phenoxy) is 1. The lowest BCUT2D eigenvalue weighted by Crippen LogP contribution is -2.25. The Morgan fingerprint density at radius 3 is 2.50 bits per heavy atom. The van der Waals surface area contributed by atoms with Gasteiger partial charge in [-0.1, -0.05) is 57.0 Å². The molecule has 0 bridgehead atoms. The number of carbonyl (C=O) groups is 1. The SMILES string of the molecule is CCCCNC(=O)OCc1c(CC(C)C)nc(C)c(N)c1-c1ccc(C)cc1. The predicted octanol–water partition coefficient (Wildman–Crippen LogP) is 5.17. The number of aryl methyl sites for hydroxylation is 2. The number of unbranched alkanes of at least 4 members (excludes halogenated alkanes) is 1. The molecule has 1 aromatic carbocycles. The first-order chi connectivity index (χ1) is 13.3. The second-order valence-corrected chi connectivity index (χ2v) is 7.73. The highest BCUT2D eigenvalue weighted by Gasteiger charge is 2.20. The Kier molecular flexibility index (Phi) is 7.85. The molecule has 0 aliphatic rings. The van der Waals surface area contributed by atoms with Crippen molar-refractivity contribution in [3.8, 4) is 11.1 Å². The standard InChI is InChI=1S/C23H33N3O2/c1-6-7-12-25-23(27)28-14-19-20(13-15(2)3)26-17(5)22(24)21(19)18-10-8-16(4)9-11-18/h8-11,15H,6-7,12-14,24H2,1-5H3,(H,25,27). The Morgan fingerprint density at radius 2 is 1.89 bits per heavy atom. The van der Waals surface area contributed by atoms with Gasteiger partial charge in [-0.3, -0.25) is 4.98 Å². The van der Waals surface area contributed by atoms with Gasteiger partial charge >= 0.3 is 6.09 Å². The molecule has 0 saturated heterocycles. The van der Waals surface area contributed by atoms with Crippen LogP contribution in [-0.4, -0.2) is 17.6 Å².